The van der Waals surface area contributed by atoms with Crippen molar-refractivity contribution in [1.82, 2.24) is 15.3 Å². The summed E-state index contributed by atoms with van der Waals surface area (Å²) in [5.74, 6) is -0.318. The monoisotopic (exact) mass is 350 g/mol. The minimum absolute atomic E-state index is 0.0894. The van der Waals surface area contributed by atoms with Crippen LogP contribution in [0.1, 0.15) is 12.8 Å². The molecule has 2 aromatic rings. The lowest BCUT2D eigenvalue weighted by Crippen LogP contribution is -2.44. The van der Waals surface area contributed by atoms with Crippen LogP contribution in [0.3, 0.4) is 0 Å². The van der Waals surface area contributed by atoms with Crippen LogP contribution in [0.25, 0.3) is 10.2 Å². The minimum Gasteiger partial charge on any atom is -0.480 e. The smallest absolute Gasteiger partial charge is 0.329 e. The van der Waals surface area contributed by atoms with Gasteiger partial charge in [0, 0.05) is 13.1 Å². The third-order valence-corrected chi connectivity index (χ3v) is 4.66. The molecule has 9 heteroatoms. The first-order valence-electron chi connectivity index (χ1n) is 7.69. The molecule has 1 saturated heterocycles. The van der Waals surface area contributed by atoms with Gasteiger partial charge in [-0.25, -0.2) is 14.8 Å². The molecule has 1 amide bonds. The Hall–Kier alpha value is -2.26. The fourth-order valence-electron chi connectivity index (χ4n) is 2.82. The predicted molar refractivity (Wildman–Crippen MR) is 89.2 cm³/mol. The Morgan fingerprint density at radius 1 is 1.46 bits per heavy atom. The number of carbonyl (C=O) groups is 2. The third kappa shape index (κ3) is 3.62. The topological polar surface area (TPSA) is 105 Å². The lowest BCUT2D eigenvalue weighted by atomic mass is 10.2. The molecule has 128 valence electrons. The lowest BCUT2D eigenvalue weighted by Gasteiger charge is -2.25. The van der Waals surface area contributed by atoms with E-state index in [1.165, 1.54) is 6.33 Å². The second kappa shape index (κ2) is 7.54. The second-order valence-corrected chi connectivity index (χ2v) is 6.32. The van der Waals surface area contributed by atoms with Crippen molar-refractivity contribution in [2.45, 2.75) is 18.9 Å². The largest absolute Gasteiger partial charge is 0.480 e. The van der Waals surface area contributed by atoms with Gasteiger partial charge in [0.2, 0.25) is 5.91 Å². The zero-order valence-corrected chi connectivity index (χ0v) is 13.8. The molecule has 1 fully saturated rings. The Bertz CT molecular complexity index is 735. The summed E-state index contributed by atoms with van der Waals surface area (Å²) in [7, 11) is 0. The maximum atomic E-state index is 12.4. The molecule has 0 aliphatic carbocycles. The van der Waals surface area contributed by atoms with E-state index in [1.54, 1.807) is 11.3 Å². The number of thiophene rings is 1. The average molecular weight is 350 g/mol. The number of carbonyl (C=O) groups excluding carboxylic acids is 1. The first-order valence-corrected chi connectivity index (χ1v) is 8.57. The van der Waals surface area contributed by atoms with Gasteiger partial charge >= 0.3 is 5.97 Å². The molecule has 1 atom stereocenters. The summed E-state index contributed by atoms with van der Waals surface area (Å²) < 4.78 is 4.92. The fourth-order valence-corrected chi connectivity index (χ4v) is 3.55. The van der Waals surface area contributed by atoms with Crippen molar-refractivity contribution in [3.8, 4) is 0 Å². The van der Waals surface area contributed by atoms with Crippen molar-refractivity contribution in [3.63, 3.8) is 0 Å². The number of nitrogens with zero attached hydrogens (tertiary/aromatic N) is 3. The van der Waals surface area contributed by atoms with Crippen LogP contribution < -0.4 is 10.2 Å². The van der Waals surface area contributed by atoms with Gasteiger partial charge in [-0.1, -0.05) is 0 Å². The van der Waals surface area contributed by atoms with Crippen LogP contribution in [0.2, 0.25) is 0 Å². The summed E-state index contributed by atoms with van der Waals surface area (Å²) in [5.41, 5.74) is 0. The molecule has 2 aromatic heterocycles. The predicted octanol–water partition coefficient (Wildman–Crippen LogP) is 0.878. The van der Waals surface area contributed by atoms with Crippen LogP contribution in [-0.4, -0.2) is 59.3 Å². The molecule has 0 saturated carbocycles. The molecule has 3 rings (SSSR count). The van der Waals surface area contributed by atoms with Crippen LogP contribution in [0.4, 0.5) is 5.82 Å². The Kier molecular flexibility index (Phi) is 5.21. The van der Waals surface area contributed by atoms with E-state index >= 15 is 0 Å². The number of aromatic nitrogens is 2. The number of aliphatic carboxylic acids is 1. The molecule has 1 unspecified atom stereocenters. The molecule has 1 aliphatic rings. The summed E-state index contributed by atoms with van der Waals surface area (Å²) >= 11 is 1.55. The summed E-state index contributed by atoms with van der Waals surface area (Å²) in [4.78, 5) is 34.3. The minimum atomic E-state index is -1.02. The van der Waals surface area contributed by atoms with Crippen LogP contribution >= 0.6 is 11.3 Å². The van der Waals surface area contributed by atoms with Crippen molar-refractivity contribution in [3.05, 3.63) is 17.8 Å². The van der Waals surface area contributed by atoms with Gasteiger partial charge in [-0.15, -0.1) is 11.3 Å². The van der Waals surface area contributed by atoms with Crippen LogP contribution in [0.15, 0.2) is 17.8 Å². The number of ether oxygens (including phenoxy) is 1. The molecule has 8 nitrogen and oxygen atoms in total. The zero-order chi connectivity index (χ0) is 16.9. The maximum Gasteiger partial charge on any atom is 0.329 e. The molecule has 3 heterocycles. The summed E-state index contributed by atoms with van der Waals surface area (Å²) in [6, 6.07) is 1.70. The number of amides is 1. The van der Waals surface area contributed by atoms with Gasteiger partial charge in [0.1, 0.15) is 29.6 Å². The van der Waals surface area contributed by atoms with Gasteiger partial charge in [0.05, 0.1) is 12.0 Å². The van der Waals surface area contributed by atoms with Gasteiger partial charge < -0.3 is 20.1 Å². The van der Waals surface area contributed by atoms with Crippen LogP contribution in [-0.2, 0) is 14.3 Å². The Balaban J connectivity index is 1.62. The van der Waals surface area contributed by atoms with E-state index in [9.17, 15) is 9.59 Å². The number of carboxylic acids is 1. The first-order chi connectivity index (χ1) is 11.7. The van der Waals surface area contributed by atoms with Crippen molar-refractivity contribution in [2.24, 2.45) is 0 Å². The lowest BCUT2D eigenvalue weighted by molar-refractivity contribution is -0.142. The molecule has 0 aromatic carbocycles. The van der Waals surface area contributed by atoms with Crippen molar-refractivity contribution in [2.75, 3.05) is 31.2 Å². The molecule has 0 bridgehead atoms. The number of hydrogen-bond donors (Lipinski definition) is 2. The van der Waals surface area contributed by atoms with E-state index in [4.69, 9.17) is 9.84 Å². The highest BCUT2D eigenvalue weighted by Crippen LogP contribution is 2.31. The quantitative estimate of drug-likeness (QED) is 0.714. The first kappa shape index (κ1) is 16.6. The van der Waals surface area contributed by atoms with E-state index < -0.39 is 5.97 Å². The Labute approximate surface area is 142 Å². The number of anilines is 1. The second-order valence-electron chi connectivity index (χ2n) is 5.43. The number of carboxylic acid groups (broad SMARTS) is 1. The summed E-state index contributed by atoms with van der Waals surface area (Å²) in [6.45, 7) is 0.874. The number of nitrogens with one attached hydrogen (secondary N) is 1. The zero-order valence-electron chi connectivity index (χ0n) is 13.0. The molecule has 0 radical (unpaired) electrons. The molecular formula is C15H18N4O4S. The standard InChI is InChI=1S/C15H18N4O4S/c20-12(21)8-23-6-4-16-14(22)11-2-1-5-19(11)13-10-3-7-24-15(10)18-9-17-13/h3,7,9,11H,1-2,4-6,8H2,(H,16,22)(H,20,21). The van der Waals surface area contributed by atoms with Crippen LogP contribution in [0, 0.1) is 0 Å². The van der Waals surface area contributed by atoms with E-state index in [0.717, 1.165) is 35.4 Å². The highest BCUT2D eigenvalue weighted by Gasteiger charge is 2.32. The average Bonchev–Trinajstić information content (AvgIpc) is 3.22. The van der Waals surface area contributed by atoms with Gasteiger partial charge in [-0.05, 0) is 24.3 Å². The SMILES string of the molecule is O=C(O)COCCNC(=O)C1CCCN1c1ncnc2sccc12. The Morgan fingerprint density at radius 2 is 2.33 bits per heavy atom. The molecule has 24 heavy (non-hydrogen) atoms. The highest BCUT2D eigenvalue weighted by atomic mass is 32.1. The third-order valence-electron chi connectivity index (χ3n) is 3.84. The highest BCUT2D eigenvalue weighted by molar-refractivity contribution is 7.16. The van der Waals surface area contributed by atoms with Gasteiger partial charge in [-0.3, -0.25) is 4.79 Å². The summed E-state index contributed by atoms with van der Waals surface area (Å²) in [5, 5.41) is 14.2. The van der Waals surface area contributed by atoms with E-state index in [1.807, 2.05) is 16.3 Å². The van der Waals surface area contributed by atoms with E-state index in [-0.39, 0.29) is 31.7 Å². The van der Waals surface area contributed by atoms with E-state index in [0.29, 0.717) is 0 Å². The van der Waals surface area contributed by atoms with Crippen molar-refractivity contribution >= 4 is 39.2 Å². The number of rotatable bonds is 7. The maximum absolute atomic E-state index is 12.4. The Morgan fingerprint density at radius 3 is 3.17 bits per heavy atom. The molecule has 1 aliphatic heterocycles. The van der Waals surface area contributed by atoms with Crippen molar-refractivity contribution in [1.29, 1.82) is 0 Å². The normalized spacial score (nSPS) is 17.3. The van der Waals surface area contributed by atoms with Crippen LogP contribution in [0.5, 0.6) is 0 Å². The number of hydrogen-bond acceptors (Lipinski definition) is 7. The number of fused-ring (bicyclic) bond motifs is 1. The van der Waals surface area contributed by atoms with E-state index in [2.05, 4.69) is 15.3 Å². The van der Waals surface area contributed by atoms with Gasteiger partial charge in [0.15, 0.2) is 0 Å². The van der Waals surface area contributed by atoms with Crippen molar-refractivity contribution < 1.29 is 19.4 Å². The van der Waals surface area contributed by atoms with Gasteiger partial charge in [-0.2, -0.15) is 0 Å². The molecule has 2 N–H and O–H groups in total. The molecular weight excluding hydrogens is 332 g/mol. The summed E-state index contributed by atoms with van der Waals surface area (Å²) in [6.07, 6.45) is 3.21. The fraction of sp³-hybridized carbons (Fsp3) is 0.467. The molecule has 0 spiro atoms. The van der Waals surface area contributed by atoms with Gasteiger partial charge in [0.25, 0.3) is 0 Å².